The molecular weight excluding hydrogens is 600 g/mol. The fourth-order valence-corrected chi connectivity index (χ4v) is 4.76. The van der Waals surface area contributed by atoms with Crippen molar-refractivity contribution in [1.82, 2.24) is 0 Å². The van der Waals surface area contributed by atoms with E-state index in [0.717, 1.165) is 12.1 Å². The molecule has 2 aromatic carbocycles. The first-order chi connectivity index (χ1) is 19.8. The molecule has 236 valence electrons. The van der Waals surface area contributed by atoms with Gasteiger partial charge in [0, 0.05) is 18.2 Å². The molecule has 2 fully saturated rings. The minimum absolute atomic E-state index is 0. The Morgan fingerprint density at radius 3 is 2.09 bits per heavy atom. The van der Waals surface area contributed by atoms with Gasteiger partial charge in [0.2, 0.25) is 12.0 Å². The number of aromatic hydroxyl groups is 4. The normalized spacial score (nSPS) is 32.7. The van der Waals surface area contributed by atoms with Crippen molar-refractivity contribution in [2.45, 2.75) is 68.3 Å². The first-order valence-corrected chi connectivity index (χ1v) is 12.9. The summed E-state index contributed by atoms with van der Waals surface area (Å²) >= 11 is 0. The number of halogens is 1. The summed E-state index contributed by atoms with van der Waals surface area (Å²) in [5, 5.41) is 102. The number of aliphatic hydroxyl groups is 6. The van der Waals surface area contributed by atoms with Gasteiger partial charge in [0.05, 0.1) is 24.3 Å². The number of hydrogen-bond donors (Lipinski definition) is 10. The Balaban J connectivity index is 0.00000423. The third kappa shape index (κ3) is 6.37. The van der Waals surface area contributed by atoms with E-state index in [1.54, 1.807) is 0 Å². The molecule has 0 spiro atoms. The van der Waals surface area contributed by atoms with Gasteiger partial charge in [0.15, 0.2) is 17.8 Å². The molecular formula is C27H31ClO15. The van der Waals surface area contributed by atoms with Gasteiger partial charge in [0.25, 0.3) is 0 Å². The van der Waals surface area contributed by atoms with E-state index in [2.05, 4.69) is 0 Å². The van der Waals surface area contributed by atoms with E-state index >= 15 is 0 Å². The maximum Gasteiger partial charge on any atom is 0.402 e. The smallest absolute Gasteiger partial charge is 0.402 e. The van der Waals surface area contributed by atoms with Gasteiger partial charge in [-0.1, -0.05) is 0 Å². The molecule has 16 heteroatoms. The molecule has 2 aliphatic rings. The molecule has 15 nitrogen and oxygen atoms in total. The molecule has 0 aliphatic carbocycles. The van der Waals surface area contributed by atoms with E-state index in [1.165, 1.54) is 31.2 Å². The van der Waals surface area contributed by atoms with Crippen LogP contribution in [-0.2, 0) is 14.2 Å². The number of aliphatic hydroxyl groups excluding tert-OH is 6. The molecule has 3 aromatic rings. The van der Waals surface area contributed by atoms with Gasteiger partial charge in [-0.05, 0) is 19.1 Å². The molecule has 43 heavy (non-hydrogen) atoms. The Morgan fingerprint density at radius 2 is 1.40 bits per heavy atom. The highest BCUT2D eigenvalue weighted by molar-refractivity contribution is 5.88. The van der Waals surface area contributed by atoms with Crippen LogP contribution in [0.5, 0.6) is 28.7 Å². The molecule has 5 rings (SSSR count). The molecule has 3 heterocycles. The quantitative estimate of drug-likeness (QED) is 0.0927. The fourth-order valence-electron chi connectivity index (χ4n) is 4.76. The minimum atomic E-state index is -1.82. The van der Waals surface area contributed by atoms with Gasteiger partial charge >= 0.3 is 11.3 Å². The largest absolute Gasteiger partial charge is 1.00 e. The van der Waals surface area contributed by atoms with E-state index in [1.807, 2.05) is 0 Å². The van der Waals surface area contributed by atoms with Crippen LogP contribution in [0.25, 0.3) is 22.3 Å². The number of benzene rings is 2. The van der Waals surface area contributed by atoms with Crippen LogP contribution < -0.4 is 17.1 Å². The maximum atomic E-state index is 10.7. The summed E-state index contributed by atoms with van der Waals surface area (Å²) in [4.78, 5) is 0. The summed E-state index contributed by atoms with van der Waals surface area (Å²) < 4.78 is 28.3. The average Bonchev–Trinajstić information content (AvgIpc) is 2.95. The van der Waals surface area contributed by atoms with Gasteiger partial charge < -0.3 is 82.4 Å². The number of ether oxygens (including phenoxy) is 4. The maximum absolute atomic E-state index is 10.7. The van der Waals surface area contributed by atoms with Crippen molar-refractivity contribution < 1.29 is 86.8 Å². The lowest BCUT2D eigenvalue weighted by Crippen LogP contribution is -3.00. The van der Waals surface area contributed by atoms with Crippen LogP contribution in [0.2, 0.25) is 0 Å². The fraction of sp³-hybridized carbons (Fsp3) is 0.444. The first kappa shape index (κ1) is 32.7. The minimum Gasteiger partial charge on any atom is -1.00 e. The Kier molecular flexibility index (Phi) is 9.72. The molecule has 2 aliphatic heterocycles. The molecule has 0 unspecified atom stereocenters. The third-order valence-corrected chi connectivity index (χ3v) is 7.20. The van der Waals surface area contributed by atoms with Gasteiger partial charge in [-0.2, -0.15) is 0 Å². The summed E-state index contributed by atoms with van der Waals surface area (Å²) in [6.45, 7) is 0.925. The van der Waals surface area contributed by atoms with Crippen molar-refractivity contribution in [3.05, 3.63) is 36.4 Å². The average molecular weight is 631 g/mol. The van der Waals surface area contributed by atoms with Crippen molar-refractivity contribution in [1.29, 1.82) is 0 Å². The summed E-state index contributed by atoms with van der Waals surface area (Å²) in [5.74, 6) is -1.92. The Morgan fingerprint density at radius 1 is 0.721 bits per heavy atom. The number of phenolic OH excluding ortho intramolecular Hbond substituents is 4. The third-order valence-electron chi connectivity index (χ3n) is 7.20. The highest BCUT2D eigenvalue weighted by Crippen LogP contribution is 2.42. The second-order valence-electron chi connectivity index (χ2n) is 10.2. The molecule has 0 saturated carbocycles. The molecule has 0 radical (unpaired) electrons. The topological polar surface area (TPSA) is 251 Å². The van der Waals surface area contributed by atoms with E-state index < -0.39 is 85.3 Å². The Labute approximate surface area is 249 Å². The van der Waals surface area contributed by atoms with Crippen molar-refractivity contribution in [2.75, 3.05) is 6.61 Å². The van der Waals surface area contributed by atoms with E-state index in [9.17, 15) is 51.1 Å². The van der Waals surface area contributed by atoms with Crippen LogP contribution in [-0.4, -0.2) is 119 Å². The van der Waals surface area contributed by atoms with Gasteiger partial charge in [-0.3, -0.25) is 0 Å². The van der Waals surface area contributed by atoms with Crippen molar-refractivity contribution >= 4 is 11.0 Å². The molecule has 2 saturated heterocycles. The van der Waals surface area contributed by atoms with Crippen LogP contribution in [0.15, 0.2) is 40.8 Å². The van der Waals surface area contributed by atoms with Gasteiger partial charge in [-0.15, -0.1) is 0 Å². The van der Waals surface area contributed by atoms with Crippen molar-refractivity contribution in [3.63, 3.8) is 0 Å². The van der Waals surface area contributed by atoms with Crippen LogP contribution in [0.1, 0.15) is 6.92 Å². The predicted octanol–water partition coefficient (Wildman–Crippen LogP) is -3.76. The molecule has 0 amide bonds. The lowest BCUT2D eigenvalue weighted by atomic mass is 9.98. The highest BCUT2D eigenvalue weighted by atomic mass is 35.5. The molecule has 0 bridgehead atoms. The zero-order valence-corrected chi connectivity index (χ0v) is 23.1. The van der Waals surface area contributed by atoms with Gasteiger partial charge in [-0.25, -0.2) is 4.42 Å². The number of phenols is 4. The molecule has 10 atom stereocenters. The first-order valence-electron chi connectivity index (χ1n) is 12.9. The van der Waals surface area contributed by atoms with Crippen LogP contribution in [0.3, 0.4) is 0 Å². The lowest BCUT2D eigenvalue weighted by molar-refractivity contribution is -0.318. The number of rotatable bonds is 6. The highest BCUT2D eigenvalue weighted by Gasteiger charge is 2.48. The second kappa shape index (κ2) is 12.8. The predicted molar refractivity (Wildman–Crippen MR) is 138 cm³/mol. The number of hydrogen-bond acceptors (Lipinski definition) is 14. The van der Waals surface area contributed by atoms with Crippen LogP contribution >= 0.6 is 0 Å². The monoisotopic (exact) mass is 630 g/mol. The van der Waals surface area contributed by atoms with Crippen LogP contribution in [0, 0.1) is 0 Å². The summed E-state index contributed by atoms with van der Waals surface area (Å²) in [7, 11) is 0. The summed E-state index contributed by atoms with van der Waals surface area (Å²) in [6.07, 6.45) is -15.3. The Hall–Kier alpha value is -3.22. The van der Waals surface area contributed by atoms with E-state index in [4.69, 9.17) is 23.4 Å². The van der Waals surface area contributed by atoms with E-state index in [-0.39, 0.29) is 46.2 Å². The summed E-state index contributed by atoms with van der Waals surface area (Å²) in [6, 6.07) is 7.22. The summed E-state index contributed by atoms with van der Waals surface area (Å²) in [5.41, 5.74) is 0.163. The van der Waals surface area contributed by atoms with Crippen molar-refractivity contribution in [2.24, 2.45) is 0 Å². The SMILES string of the molecule is C[C@@H]1O[C@@H](OC[C@H]2O[C@@H](Oc3cc4c(O)cc(O)cc4[o+]c3-c3ccc(O)c(O)c3)[C@H](O)[C@H](O)[C@H]2O)[C@H](O)[C@H](O)[C@H]1O.[Cl-]. The molecule has 10 N–H and O–H groups in total. The number of fused-ring (bicyclic) bond motifs is 1. The van der Waals surface area contributed by atoms with Crippen LogP contribution in [0.4, 0.5) is 0 Å². The van der Waals surface area contributed by atoms with Gasteiger partial charge in [0.1, 0.15) is 59.6 Å². The van der Waals surface area contributed by atoms with E-state index in [0.29, 0.717) is 0 Å². The second-order valence-corrected chi connectivity index (χ2v) is 10.2. The molecule has 1 aromatic heterocycles. The Bertz CT molecular complexity index is 1440. The zero-order valence-electron chi connectivity index (χ0n) is 22.3. The van der Waals surface area contributed by atoms with Crippen molar-refractivity contribution in [3.8, 4) is 40.1 Å². The lowest BCUT2D eigenvalue weighted by Gasteiger charge is -2.42. The zero-order chi connectivity index (χ0) is 30.5. The standard InChI is InChI=1S/C27H30O15.ClH/c1-9-19(32)21(34)23(36)26(39-9)38-8-18-20(33)22(35)24(37)27(42-18)41-17-7-12-14(30)5-11(28)6-16(12)40-25(17)10-2-3-13(29)15(31)4-10;/h2-7,9,18-24,26-27,32-37H,8H2,1H3,(H3-,28,29,30,31);1H/t9-,18+,19-,20-,21+,22+,23+,24+,26+,27+;/m0./s1.